The van der Waals surface area contributed by atoms with Gasteiger partial charge in [-0.25, -0.2) is 9.18 Å². The molecule has 1 aliphatic heterocycles. The third-order valence-electron chi connectivity index (χ3n) is 6.61. The molecule has 1 aliphatic rings. The number of esters is 1. The Kier molecular flexibility index (Phi) is 6.60. The fourth-order valence-corrected chi connectivity index (χ4v) is 5.30. The highest BCUT2D eigenvalue weighted by atomic mass is 19.1. The van der Waals surface area contributed by atoms with E-state index in [1.165, 1.54) is 18.2 Å². The second kappa shape index (κ2) is 9.34. The minimum atomic E-state index is -1.13. The van der Waals surface area contributed by atoms with E-state index in [2.05, 4.69) is 23.5 Å². The number of hydrogen-bond acceptors (Lipinski definition) is 5. The van der Waals surface area contributed by atoms with Gasteiger partial charge >= 0.3 is 5.97 Å². The number of benzene rings is 3. The molecule has 2 unspecified atom stereocenters. The largest absolute Gasteiger partial charge is 0.508 e. The molecule has 3 N–H and O–H groups in total. The van der Waals surface area contributed by atoms with Crippen molar-refractivity contribution >= 4 is 11.7 Å². The topological polar surface area (TPSA) is 78.8 Å². The second-order valence-corrected chi connectivity index (χ2v) is 10.4. The quantitative estimate of drug-likeness (QED) is 0.370. The third kappa shape index (κ3) is 5.65. The molecule has 3 aromatic rings. The van der Waals surface area contributed by atoms with Gasteiger partial charge in [0.05, 0.1) is 11.2 Å². The smallest absolute Gasteiger partial charge is 0.338 e. The lowest BCUT2D eigenvalue weighted by Gasteiger charge is -2.38. The van der Waals surface area contributed by atoms with Crippen LogP contribution in [0.5, 0.6) is 5.75 Å². The molecule has 0 saturated heterocycles. The molecule has 0 aliphatic carbocycles. The van der Waals surface area contributed by atoms with Crippen molar-refractivity contribution in [3.05, 3.63) is 93.8 Å². The van der Waals surface area contributed by atoms with Gasteiger partial charge in [-0.15, -0.1) is 0 Å². The van der Waals surface area contributed by atoms with E-state index in [9.17, 15) is 19.4 Å². The number of fused-ring (bicyclic) bond motifs is 1. The molecule has 35 heavy (non-hydrogen) atoms. The van der Waals surface area contributed by atoms with Crippen molar-refractivity contribution in [1.82, 2.24) is 0 Å². The first-order valence-corrected chi connectivity index (χ1v) is 11.8. The van der Waals surface area contributed by atoms with Crippen LogP contribution in [-0.2, 0) is 23.2 Å². The normalized spacial score (nSPS) is 16.2. The Bertz CT molecular complexity index is 1250. The van der Waals surface area contributed by atoms with Crippen molar-refractivity contribution in [1.29, 1.82) is 0 Å². The predicted molar refractivity (Wildman–Crippen MR) is 134 cm³/mol. The number of hydrogen-bond donors (Lipinski definition) is 3. The summed E-state index contributed by atoms with van der Waals surface area (Å²) in [6, 6.07) is 15.5. The van der Waals surface area contributed by atoms with Crippen molar-refractivity contribution in [2.24, 2.45) is 0 Å². The highest BCUT2D eigenvalue weighted by molar-refractivity contribution is 5.93. The molecular formula is C29H32FNO4. The van der Waals surface area contributed by atoms with Crippen LogP contribution in [0.2, 0.25) is 0 Å². The van der Waals surface area contributed by atoms with Crippen LogP contribution in [0.1, 0.15) is 58.4 Å². The number of carbonyl (C=O) groups is 1. The predicted octanol–water partition coefficient (Wildman–Crippen LogP) is 5.57. The Morgan fingerprint density at radius 3 is 2.46 bits per heavy atom. The van der Waals surface area contributed by atoms with Crippen LogP contribution < -0.4 is 5.32 Å². The van der Waals surface area contributed by atoms with Gasteiger partial charge in [-0.3, -0.25) is 0 Å². The molecule has 0 spiro atoms. The van der Waals surface area contributed by atoms with Crippen LogP contribution in [0, 0.1) is 19.7 Å². The number of nitrogens with one attached hydrogen (secondary N) is 1. The van der Waals surface area contributed by atoms with E-state index in [1.807, 2.05) is 26.8 Å². The van der Waals surface area contributed by atoms with Crippen molar-refractivity contribution < 1.29 is 24.1 Å². The molecule has 184 valence electrons. The Morgan fingerprint density at radius 2 is 1.74 bits per heavy atom. The van der Waals surface area contributed by atoms with Gasteiger partial charge in [-0.05, 0) is 69.2 Å². The molecule has 0 fully saturated rings. The van der Waals surface area contributed by atoms with E-state index >= 15 is 0 Å². The summed E-state index contributed by atoms with van der Waals surface area (Å²) in [5.74, 6) is -0.805. The standard InChI is InChI=1S/C29H32FNO4/c1-18-9-19(2)11-20(10-18)14-29(4,34)16-28(3,25-13-22(30)5-8-26(25)32)17-31-23-6-7-24-21(12-23)15-35-27(24)33/h5-13,31-32,34H,14-17H2,1-4H3. The summed E-state index contributed by atoms with van der Waals surface area (Å²) in [4.78, 5) is 11.8. The minimum Gasteiger partial charge on any atom is -0.508 e. The Balaban J connectivity index is 1.62. The molecular weight excluding hydrogens is 445 g/mol. The van der Waals surface area contributed by atoms with Crippen molar-refractivity contribution in [2.45, 2.75) is 58.2 Å². The number of halogens is 1. The first kappa shape index (κ1) is 24.7. The van der Waals surface area contributed by atoms with Gasteiger partial charge in [0, 0.05) is 35.2 Å². The summed E-state index contributed by atoms with van der Waals surface area (Å²) in [6.45, 7) is 8.29. The molecule has 2 atom stereocenters. The van der Waals surface area contributed by atoms with Crippen LogP contribution in [0.15, 0.2) is 54.6 Å². The first-order chi connectivity index (χ1) is 16.4. The van der Waals surface area contributed by atoms with Gasteiger partial charge < -0.3 is 20.3 Å². The van der Waals surface area contributed by atoms with Gasteiger partial charge in [0.2, 0.25) is 0 Å². The zero-order valence-electron chi connectivity index (χ0n) is 20.6. The molecule has 3 aromatic carbocycles. The Labute approximate surface area is 205 Å². The number of aliphatic hydroxyl groups is 1. The van der Waals surface area contributed by atoms with Gasteiger partial charge in [-0.1, -0.05) is 36.2 Å². The number of ether oxygens (including phenoxy) is 1. The van der Waals surface area contributed by atoms with E-state index in [0.717, 1.165) is 27.9 Å². The van der Waals surface area contributed by atoms with Gasteiger partial charge in [0.25, 0.3) is 0 Å². The first-order valence-electron chi connectivity index (χ1n) is 11.8. The number of rotatable bonds is 8. The molecule has 1 heterocycles. The maximum atomic E-state index is 14.3. The molecule has 0 bridgehead atoms. The van der Waals surface area contributed by atoms with E-state index < -0.39 is 16.8 Å². The van der Waals surface area contributed by atoms with Crippen LogP contribution in [-0.4, -0.2) is 28.3 Å². The van der Waals surface area contributed by atoms with Crippen LogP contribution >= 0.6 is 0 Å². The lowest BCUT2D eigenvalue weighted by atomic mass is 9.72. The zero-order chi connectivity index (χ0) is 25.4. The summed E-state index contributed by atoms with van der Waals surface area (Å²) in [7, 11) is 0. The molecule has 0 saturated carbocycles. The molecule has 6 heteroatoms. The van der Waals surface area contributed by atoms with Crippen molar-refractivity contribution in [2.75, 3.05) is 11.9 Å². The highest BCUT2D eigenvalue weighted by Gasteiger charge is 2.38. The van der Waals surface area contributed by atoms with Gasteiger partial charge in [0.15, 0.2) is 0 Å². The molecule has 0 amide bonds. The summed E-state index contributed by atoms with van der Waals surface area (Å²) in [5.41, 5.74) is 3.88. The summed E-state index contributed by atoms with van der Waals surface area (Å²) in [5, 5.41) is 25.5. The fourth-order valence-electron chi connectivity index (χ4n) is 5.30. The summed E-state index contributed by atoms with van der Waals surface area (Å²) < 4.78 is 19.3. The molecule has 0 radical (unpaired) electrons. The van der Waals surface area contributed by atoms with E-state index in [4.69, 9.17) is 4.74 Å². The Morgan fingerprint density at radius 1 is 1.03 bits per heavy atom. The second-order valence-electron chi connectivity index (χ2n) is 10.4. The van der Waals surface area contributed by atoms with Gasteiger partial charge in [0.1, 0.15) is 18.2 Å². The van der Waals surface area contributed by atoms with Gasteiger partial charge in [-0.2, -0.15) is 0 Å². The number of anilines is 1. The SMILES string of the molecule is Cc1cc(C)cc(CC(C)(O)CC(C)(CNc2ccc3c(c2)COC3=O)c2cc(F)ccc2O)c1. The number of aromatic hydroxyl groups is 1. The van der Waals surface area contributed by atoms with E-state index in [1.54, 1.807) is 19.1 Å². The summed E-state index contributed by atoms with van der Waals surface area (Å²) >= 11 is 0. The molecule has 4 rings (SSSR count). The number of carbonyl (C=O) groups excluding carboxylic acids is 1. The minimum absolute atomic E-state index is 0.0224. The molecule has 0 aromatic heterocycles. The number of aryl methyl sites for hydroxylation is 2. The van der Waals surface area contributed by atoms with E-state index in [0.29, 0.717) is 24.1 Å². The number of phenols is 1. The van der Waals surface area contributed by atoms with Crippen molar-refractivity contribution in [3.8, 4) is 5.75 Å². The van der Waals surface area contributed by atoms with Crippen LogP contribution in [0.4, 0.5) is 10.1 Å². The fraction of sp³-hybridized carbons (Fsp3) is 0.345. The zero-order valence-corrected chi connectivity index (χ0v) is 20.6. The average Bonchev–Trinajstić information content (AvgIpc) is 3.12. The van der Waals surface area contributed by atoms with Crippen LogP contribution in [0.25, 0.3) is 0 Å². The average molecular weight is 478 g/mol. The van der Waals surface area contributed by atoms with E-state index in [-0.39, 0.29) is 24.7 Å². The maximum Gasteiger partial charge on any atom is 0.338 e. The lowest BCUT2D eigenvalue weighted by molar-refractivity contribution is 0.0302. The maximum absolute atomic E-state index is 14.3. The van der Waals surface area contributed by atoms with Crippen molar-refractivity contribution in [3.63, 3.8) is 0 Å². The number of cyclic esters (lactones) is 1. The number of phenolic OH excluding ortho intramolecular Hbond substituents is 1. The lowest BCUT2D eigenvalue weighted by Crippen LogP contribution is -2.41. The summed E-state index contributed by atoms with van der Waals surface area (Å²) in [6.07, 6.45) is 0.684. The highest BCUT2D eigenvalue weighted by Crippen LogP contribution is 2.39. The van der Waals surface area contributed by atoms with Crippen LogP contribution in [0.3, 0.4) is 0 Å². The Hall–Kier alpha value is -3.38. The monoisotopic (exact) mass is 477 g/mol. The molecule has 5 nitrogen and oxygen atoms in total. The third-order valence-corrected chi connectivity index (χ3v) is 6.61.